The minimum atomic E-state index is -0.280. The third kappa shape index (κ3) is 5.88. The average Bonchev–Trinajstić information content (AvgIpc) is 3.63. The monoisotopic (exact) mass is 538 g/mol. The van der Waals surface area contributed by atoms with E-state index in [1.54, 1.807) is 24.3 Å². The van der Waals surface area contributed by atoms with E-state index in [-0.39, 0.29) is 11.8 Å². The highest BCUT2D eigenvalue weighted by molar-refractivity contribution is 7.14. The van der Waals surface area contributed by atoms with Gasteiger partial charge in [-0.3, -0.25) is 20.2 Å². The van der Waals surface area contributed by atoms with E-state index < -0.39 is 0 Å². The van der Waals surface area contributed by atoms with Gasteiger partial charge in [0.05, 0.1) is 11.4 Å². The second kappa shape index (κ2) is 11.5. The maximum atomic E-state index is 12.7. The van der Waals surface area contributed by atoms with Crippen molar-refractivity contribution in [2.24, 2.45) is 0 Å². The van der Waals surface area contributed by atoms with Crippen LogP contribution in [0.25, 0.3) is 22.5 Å². The van der Waals surface area contributed by atoms with E-state index in [2.05, 4.69) is 58.7 Å². The van der Waals surface area contributed by atoms with Crippen LogP contribution in [0.3, 0.4) is 0 Å². The Morgan fingerprint density at radius 2 is 0.974 bits per heavy atom. The summed E-state index contributed by atoms with van der Waals surface area (Å²) in [5, 5.41) is 10.6. The lowest BCUT2D eigenvalue weighted by atomic mass is 10.1. The normalized spacial score (nSPS) is 10.8. The summed E-state index contributed by atoms with van der Waals surface area (Å²) in [6.45, 7) is 4.24. The van der Waals surface area contributed by atoms with Crippen molar-refractivity contribution in [2.75, 3.05) is 10.6 Å². The maximum absolute atomic E-state index is 12.7. The fraction of sp³-hybridized carbons (Fsp3) is 0.133. The van der Waals surface area contributed by atoms with Crippen molar-refractivity contribution in [2.45, 2.75) is 26.7 Å². The molecule has 2 amide bonds. The number of hydrogen-bond acceptors (Lipinski definition) is 6. The molecule has 0 atom stereocenters. The SMILES string of the molecule is CCc1ccc(-c2csc(NC(=O)c3ccc(C(=O)Nc4nc(-c5ccc(CC)cc5)cs4)cc3)n2)cc1. The number of aromatic nitrogens is 2. The molecule has 0 saturated carbocycles. The molecule has 0 aliphatic carbocycles. The summed E-state index contributed by atoms with van der Waals surface area (Å²) in [4.78, 5) is 34.6. The number of anilines is 2. The molecule has 0 saturated heterocycles. The fourth-order valence-corrected chi connectivity index (χ4v) is 5.29. The molecule has 0 aliphatic rings. The first kappa shape index (κ1) is 25.5. The molecule has 2 aromatic heterocycles. The van der Waals surface area contributed by atoms with Crippen LogP contribution < -0.4 is 10.6 Å². The highest BCUT2D eigenvalue weighted by Crippen LogP contribution is 2.27. The van der Waals surface area contributed by atoms with Crippen LogP contribution in [0.4, 0.5) is 10.3 Å². The number of hydrogen-bond donors (Lipinski definition) is 2. The Morgan fingerprint density at radius 3 is 1.32 bits per heavy atom. The zero-order valence-corrected chi connectivity index (χ0v) is 22.7. The smallest absolute Gasteiger partial charge is 0.257 e. The summed E-state index contributed by atoms with van der Waals surface area (Å²) in [6.07, 6.45) is 1.97. The highest BCUT2D eigenvalue weighted by Gasteiger charge is 2.13. The largest absolute Gasteiger partial charge is 0.298 e. The number of rotatable bonds is 8. The van der Waals surface area contributed by atoms with Crippen molar-refractivity contribution in [3.63, 3.8) is 0 Å². The number of thiazole rings is 2. The van der Waals surface area contributed by atoms with E-state index in [1.165, 1.54) is 33.8 Å². The van der Waals surface area contributed by atoms with Gasteiger partial charge in [-0.25, -0.2) is 9.97 Å². The Kier molecular flexibility index (Phi) is 7.72. The Balaban J connectivity index is 1.19. The number of carbonyl (C=O) groups excluding carboxylic acids is 2. The van der Waals surface area contributed by atoms with Gasteiger partial charge in [0.2, 0.25) is 0 Å². The Bertz CT molecular complexity index is 1430. The summed E-state index contributed by atoms with van der Waals surface area (Å²) >= 11 is 2.75. The number of benzene rings is 3. The van der Waals surface area contributed by atoms with Gasteiger partial charge in [0, 0.05) is 33.0 Å². The quantitative estimate of drug-likeness (QED) is 0.213. The molecule has 190 valence electrons. The van der Waals surface area contributed by atoms with Crippen LogP contribution in [0, 0.1) is 0 Å². The summed E-state index contributed by atoms with van der Waals surface area (Å²) in [5.74, 6) is -0.560. The first-order valence-corrected chi connectivity index (χ1v) is 14.1. The van der Waals surface area contributed by atoms with E-state index >= 15 is 0 Å². The molecule has 2 N–H and O–H groups in total. The number of amides is 2. The van der Waals surface area contributed by atoms with Crippen LogP contribution in [-0.2, 0) is 12.8 Å². The molecular formula is C30H26N4O2S2. The third-order valence-corrected chi connectivity index (χ3v) is 7.69. The summed E-state index contributed by atoms with van der Waals surface area (Å²) in [6, 6.07) is 23.0. The van der Waals surface area contributed by atoms with Crippen molar-refractivity contribution >= 4 is 44.8 Å². The highest BCUT2D eigenvalue weighted by atomic mass is 32.1. The number of nitrogens with one attached hydrogen (secondary N) is 2. The molecule has 0 aliphatic heterocycles. The lowest BCUT2D eigenvalue weighted by Crippen LogP contribution is -2.14. The Morgan fingerprint density at radius 1 is 0.605 bits per heavy atom. The Labute approximate surface area is 229 Å². The third-order valence-electron chi connectivity index (χ3n) is 6.17. The minimum Gasteiger partial charge on any atom is -0.298 e. The van der Waals surface area contributed by atoms with Crippen LogP contribution in [-0.4, -0.2) is 21.8 Å². The molecule has 2 heterocycles. The fourth-order valence-electron chi connectivity index (χ4n) is 3.86. The minimum absolute atomic E-state index is 0.280. The van der Waals surface area contributed by atoms with Crippen LogP contribution in [0.15, 0.2) is 83.6 Å². The second-order valence-corrected chi connectivity index (χ2v) is 10.4. The predicted octanol–water partition coefficient (Wildman–Crippen LogP) is 7.56. The van der Waals surface area contributed by atoms with Gasteiger partial charge in [0.25, 0.3) is 11.8 Å². The topological polar surface area (TPSA) is 84.0 Å². The maximum Gasteiger partial charge on any atom is 0.257 e. The van der Waals surface area contributed by atoms with E-state index in [0.29, 0.717) is 21.4 Å². The van der Waals surface area contributed by atoms with Crippen LogP contribution in [0.2, 0.25) is 0 Å². The molecule has 6 nitrogen and oxygen atoms in total. The summed E-state index contributed by atoms with van der Waals surface area (Å²) in [7, 11) is 0. The molecule has 38 heavy (non-hydrogen) atoms. The Hall–Kier alpha value is -4.14. The summed E-state index contributed by atoms with van der Waals surface area (Å²) < 4.78 is 0. The van der Waals surface area contributed by atoms with Gasteiger partial charge in [-0.2, -0.15) is 0 Å². The van der Waals surface area contributed by atoms with Gasteiger partial charge in [-0.05, 0) is 48.2 Å². The van der Waals surface area contributed by atoms with Gasteiger partial charge in [-0.15, -0.1) is 22.7 Å². The lowest BCUT2D eigenvalue weighted by Gasteiger charge is -2.05. The first-order chi connectivity index (χ1) is 18.5. The van der Waals surface area contributed by atoms with Crippen LogP contribution in [0.1, 0.15) is 45.7 Å². The zero-order chi connectivity index (χ0) is 26.5. The van der Waals surface area contributed by atoms with Crippen molar-refractivity contribution < 1.29 is 9.59 Å². The van der Waals surface area contributed by atoms with Crippen LogP contribution >= 0.6 is 22.7 Å². The van der Waals surface area contributed by atoms with E-state index in [1.807, 2.05) is 35.0 Å². The molecule has 0 bridgehead atoms. The molecule has 0 unspecified atom stereocenters. The molecule has 0 radical (unpaired) electrons. The van der Waals surface area contributed by atoms with Crippen molar-refractivity contribution in [1.29, 1.82) is 0 Å². The standard InChI is InChI=1S/C30H26N4O2S2/c1-3-19-5-9-21(10-6-19)25-17-37-29(31-25)33-27(35)23-13-15-24(16-14-23)28(36)34-30-32-26(18-38-30)22-11-7-20(4-2)8-12-22/h5-18H,3-4H2,1-2H3,(H,31,33,35)(H,32,34,36). The van der Waals surface area contributed by atoms with E-state index in [0.717, 1.165) is 35.4 Å². The van der Waals surface area contributed by atoms with Gasteiger partial charge in [-0.1, -0.05) is 62.4 Å². The molecule has 3 aromatic carbocycles. The van der Waals surface area contributed by atoms with Crippen molar-refractivity contribution in [3.05, 3.63) is 106 Å². The van der Waals surface area contributed by atoms with Gasteiger partial charge < -0.3 is 0 Å². The zero-order valence-electron chi connectivity index (χ0n) is 21.0. The average molecular weight is 539 g/mol. The summed E-state index contributed by atoms with van der Waals surface area (Å²) in [5.41, 5.74) is 7.08. The van der Waals surface area contributed by atoms with Gasteiger partial charge in [0.15, 0.2) is 10.3 Å². The molecule has 5 aromatic rings. The molecular weight excluding hydrogens is 512 g/mol. The van der Waals surface area contributed by atoms with E-state index in [9.17, 15) is 9.59 Å². The van der Waals surface area contributed by atoms with Gasteiger partial charge >= 0.3 is 0 Å². The van der Waals surface area contributed by atoms with Crippen molar-refractivity contribution in [1.82, 2.24) is 9.97 Å². The van der Waals surface area contributed by atoms with Crippen LogP contribution in [0.5, 0.6) is 0 Å². The molecule has 5 rings (SSSR count). The molecule has 8 heteroatoms. The number of aryl methyl sites for hydroxylation is 2. The lowest BCUT2D eigenvalue weighted by molar-refractivity contribution is 0.101. The molecule has 0 spiro atoms. The van der Waals surface area contributed by atoms with Gasteiger partial charge in [0.1, 0.15) is 0 Å². The number of carbonyl (C=O) groups is 2. The molecule has 0 fully saturated rings. The predicted molar refractivity (Wildman–Crippen MR) is 156 cm³/mol. The first-order valence-electron chi connectivity index (χ1n) is 12.3. The van der Waals surface area contributed by atoms with E-state index in [4.69, 9.17) is 0 Å². The number of nitrogens with zero attached hydrogens (tertiary/aromatic N) is 2. The van der Waals surface area contributed by atoms with Crippen molar-refractivity contribution in [3.8, 4) is 22.5 Å². The second-order valence-electron chi connectivity index (χ2n) is 8.66.